The van der Waals surface area contributed by atoms with Crippen LogP contribution in [-0.2, 0) is 4.74 Å². The highest BCUT2D eigenvalue weighted by atomic mass is 16.5. The van der Waals surface area contributed by atoms with Gasteiger partial charge in [-0.3, -0.25) is 0 Å². The molecule has 1 heteroatoms. The van der Waals surface area contributed by atoms with Crippen LogP contribution in [0.1, 0.15) is 13.3 Å². The molecule has 0 unspecified atom stereocenters. The Labute approximate surface area is 67.7 Å². The second-order valence-electron chi connectivity index (χ2n) is 3.94. The molecule has 0 spiro atoms. The van der Waals surface area contributed by atoms with Crippen LogP contribution < -0.4 is 0 Å². The lowest BCUT2D eigenvalue weighted by molar-refractivity contribution is -0.108. The average Bonchev–Trinajstić information content (AvgIpc) is 2.36. The SMILES string of the molecule is CC1(CC2C=CC=C2)COC1. The van der Waals surface area contributed by atoms with E-state index in [9.17, 15) is 0 Å². The van der Waals surface area contributed by atoms with Crippen LogP contribution in [0.3, 0.4) is 0 Å². The van der Waals surface area contributed by atoms with Gasteiger partial charge in [0.1, 0.15) is 0 Å². The van der Waals surface area contributed by atoms with Crippen molar-refractivity contribution in [3.63, 3.8) is 0 Å². The van der Waals surface area contributed by atoms with Crippen molar-refractivity contribution in [2.75, 3.05) is 13.2 Å². The molecule has 0 N–H and O–H groups in total. The molecule has 0 atom stereocenters. The zero-order valence-corrected chi connectivity index (χ0v) is 6.92. The lowest BCUT2D eigenvalue weighted by atomic mass is 9.80. The molecule has 1 fully saturated rings. The van der Waals surface area contributed by atoms with Crippen LogP contribution >= 0.6 is 0 Å². The molecule has 2 rings (SSSR count). The molecule has 1 nitrogen and oxygen atoms in total. The monoisotopic (exact) mass is 150 g/mol. The summed E-state index contributed by atoms with van der Waals surface area (Å²) in [7, 11) is 0. The second-order valence-corrected chi connectivity index (χ2v) is 3.94. The van der Waals surface area contributed by atoms with E-state index in [1.165, 1.54) is 6.42 Å². The summed E-state index contributed by atoms with van der Waals surface area (Å²) in [6.07, 6.45) is 10.0. The van der Waals surface area contributed by atoms with Gasteiger partial charge in [-0.1, -0.05) is 31.2 Å². The van der Waals surface area contributed by atoms with Crippen LogP contribution in [0.4, 0.5) is 0 Å². The fourth-order valence-electron chi connectivity index (χ4n) is 1.75. The van der Waals surface area contributed by atoms with Gasteiger partial charge in [0.05, 0.1) is 13.2 Å². The summed E-state index contributed by atoms with van der Waals surface area (Å²) in [5.74, 6) is 0.670. The maximum atomic E-state index is 5.20. The van der Waals surface area contributed by atoms with Crippen LogP contribution in [0, 0.1) is 11.3 Å². The number of allylic oxidation sites excluding steroid dienone is 4. The summed E-state index contributed by atoms with van der Waals surface area (Å²) < 4.78 is 5.20. The van der Waals surface area contributed by atoms with Crippen molar-refractivity contribution in [2.24, 2.45) is 11.3 Å². The molecule has 1 aliphatic carbocycles. The van der Waals surface area contributed by atoms with Gasteiger partial charge in [0.15, 0.2) is 0 Å². The number of hydrogen-bond donors (Lipinski definition) is 0. The number of hydrogen-bond acceptors (Lipinski definition) is 1. The first-order valence-electron chi connectivity index (χ1n) is 4.21. The quantitative estimate of drug-likeness (QED) is 0.586. The van der Waals surface area contributed by atoms with Crippen LogP contribution in [0.25, 0.3) is 0 Å². The normalized spacial score (nSPS) is 27.4. The molecular weight excluding hydrogens is 136 g/mol. The Morgan fingerprint density at radius 2 is 2.00 bits per heavy atom. The van der Waals surface area contributed by atoms with Gasteiger partial charge in [0, 0.05) is 5.41 Å². The van der Waals surface area contributed by atoms with Crippen molar-refractivity contribution in [3.05, 3.63) is 24.3 Å². The van der Waals surface area contributed by atoms with E-state index in [4.69, 9.17) is 4.74 Å². The lowest BCUT2D eigenvalue weighted by Crippen LogP contribution is -2.40. The maximum absolute atomic E-state index is 5.20. The molecule has 1 saturated heterocycles. The van der Waals surface area contributed by atoms with E-state index < -0.39 is 0 Å². The van der Waals surface area contributed by atoms with E-state index in [2.05, 4.69) is 31.2 Å². The summed E-state index contributed by atoms with van der Waals surface area (Å²) in [6.45, 7) is 4.20. The van der Waals surface area contributed by atoms with Gasteiger partial charge < -0.3 is 4.74 Å². The molecular formula is C10H14O. The van der Waals surface area contributed by atoms with Crippen molar-refractivity contribution in [2.45, 2.75) is 13.3 Å². The minimum absolute atomic E-state index is 0.462. The van der Waals surface area contributed by atoms with Gasteiger partial charge in [-0.2, -0.15) is 0 Å². The zero-order chi connectivity index (χ0) is 7.73. The highest BCUT2D eigenvalue weighted by molar-refractivity contribution is 5.18. The Hall–Kier alpha value is -0.560. The molecule has 0 bridgehead atoms. The fraction of sp³-hybridized carbons (Fsp3) is 0.600. The molecule has 0 aromatic carbocycles. The summed E-state index contributed by atoms with van der Waals surface area (Å²) in [6, 6.07) is 0. The third-order valence-corrected chi connectivity index (χ3v) is 2.46. The fourth-order valence-corrected chi connectivity index (χ4v) is 1.75. The molecule has 0 aromatic heterocycles. The average molecular weight is 150 g/mol. The van der Waals surface area contributed by atoms with Gasteiger partial charge >= 0.3 is 0 Å². The Morgan fingerprint density at radius 3 is 2.45 bits per heavy atom. The summed E-state index contributed by atoms with van der Waals surface area (Å²) in [5.41, 5.74) is 0.462. The van der Waals surface area contributed by atoms with Crippen molar-refractivity contribution >= 4 is 0 Å². The van der Waals surface area contributed by atoms with E-state index in [1.54, 1.807) is 0 Å². The van der Waals surface area contributed by atoms with Gasteiger partial charge in [0.25, 0.3) is 0 Å². The van der Waals surface area contributed by atoms with E-state index in [1.807, 2.05) is 0 Å². The van der Waals surface area contributed by atoms with Crippen molar-refractivity contribution in [3.8, 4) is 0 Å². The number of ether oxygens (including phenoxy) is 1. The maximum Gasteiger partial charge on any atom is 0.0542 e. The second kappa shape index (κ2) is 2.49. The van der Waals surface area contributed by atoms with E-state index in [0.717, 1.165) is 13.2 Å². The van der Waals surface area contributed by atoms with Crippen molar-refractivity contribution < 1.29 is 4.74 Å². The predicted octanol–water partition coefficient (Wildman–Crippen LogP) is 2.16. The zero-order valence-electron chi connectivity index (χ0n) is 6.92. The summed E-state index contributed by atoms with van der Waals surface area (Å²) in [4.78, 5) is 0. The lowest BCUT2D eigenvalue weighted by Gasteiger charge is -2.39. The van der Waals surface area contributed by atoms with Crippen molar-refractivity contribution in [1.82, 2.24) is 0 Å². The Morgan fingerprint density at radius 1 is 1.36 bits per heavy atom. The molecule has 0 radical (unpaired) electrons. The van der Waals surface area contributed by atoms with Crippen LogP contribution in [0.15, 0.2) is 24.3 Å². The molecule has 0 aromatic rings. The molecule has 0 amide bonds. The first-order valence-corrected chi connectivity index (χ1v) is 4.21. The van der Waals surface area contributed by atoms with Gasteiger partial charge in [-0.25, -0.2) is 0 Å². The Balaban J connectivity index is 1.89. The molecule has 11 heavy (non-hydrogen) atoms. The van der Waals surface area contributed by atoms with Gasteiger partial charge in [-0.15, -0.1) is 0 Å². The van der Waals surface area contributed by atoms with Crippen LogP contribution in [0.2, 0.25) is 0 Å². The molecule has 0 saturated carbocycles. The highest BCUT2D eigenvalue weighted by Gasteiger charge is 2.34. The molecule has 1 aliphatic heterocycles. The minimum atomic E-state index is 0.462. The first kappa shape index (κ1) is 7.11. The topological polar surface area (TPSA) is 9.23 Å². The smallest absolute Gasteiger partial charge is 0.0542 e. The van der Waals surface area contributed by atoms with Crippen LogP contribution in [-0.4, -0.2) is 13.2 Å². The molecule has 60 valence electrons. The number of rotatable bonds is 2. The minimum Gasteiger partial charge on any atom is -0.380 e. The molecule has 1 heterocycles. The van der Waals surface area contributed by atoms with E-state index >= 15 is 0 Å². The van der Waals surface area contributed by atoms with E-state index in [0.29, 0.717) is 11.3 Å². The first-order chi connectivity index (χ1) is 5.29. The Bertz CT molecular complexity index is 187. The van der Waals surface area contributed by atoms with Gasteiger partial charge in [0.2, 0.25) is 0 Å². The summed E-state index contributed by atoms with van der Waals surface area (Å²) in [5, 5.41) is 0. The Kier molecular flexibility index (Phi) is 1.61. The third kappa shape index (κ3) is 1.38. The largest absolute Gasteiger partial charge is 0.380 e. The van der Waals surface area contributed by atoms with Crippen LogP contribution in [0.5, 0.6) is 0 Å². The predicted molar refractivity (Wildman–Crippen MR) is 45.3 cm³/mol. The standard InChI is InChI=1S/C10H14O/c1-10(7-11-8-10)6-9-4-2-3-5-9/h2-5,9H,6-8H2,1H3. The highest BCUT2D eigenvalue weighted by Crippen LogP contribution is 2.35. The molecule has 2 aliphatic rings. The van der Waals surface area contributed by atoms with Gasteiger partial charge in [-0.05, 0) is 12.3 Å². The van der Waals surface area contributed by atoms with Crippen molar-refractivity contribution in [1.29, 1.82) is 0 Å². The third-order valence-electron chi connectivity index (χ3n) is 2.46. The van der Waals surface area contributed by atoms with E-state index in [-0.39, 0.29) is 0 Å². The summed E-state index contributed by atoms with van der Waals surface area (Å²) >= 11 is 0.